The molecule has 0 aliphatic rings. The van der Waals surface area contributed by atoms with Crippen LogP contribution in [0.4, 0.5) is 17.1 Å². The monoisotopic (exact) mass is 561 g/mol. The molecule has 1 heterocycles. The Morgan fingerprint density at radius 3 is 1.91 bits per heavy atom. The molecular weight excluding hydrogens is 534 g/mol. The van der Waals surface area contributed by atoms with Crippen LogP contribution < -0.4 is 4.90 Å². The Balaban J connectivity index is 1.36. The normalized spacial score (nSPS) is 11.6. The molecule has 1 aromatic heterocycles. The fourth-order valence-corrected chi connectivity index (χ4v) is 6.76. The fraction of sp³-hybridized carbons (Fsp3) is 0. The molecule has 0 aliphatic carbocycles. The number of para-hydroxylation sites is 1. The van der Waals surface area contributed by atoms with Gasteiger partial charge in [-0.3, -0.25) is 0 Å². The summed E-state index contributed by atoms with van der Waals surface area (Å²) in [4.78, 5) is 2.42. The van der Waals surface area contributed by atoms with Gasteiger partial charge in [-0.2, -0.15) is 0 Å². The Hall–Kier alpha value is -5.86. The molecule has 0 amide bonds. The Kier molecular flexibility index (Phi) is 5.54. The molecule has 0 aliphatic heterocycles. The van der Waals surface area contributed by atoms with E-state index in [1.165, 1.54) is 43.4 Å². The van der Waals surface area contributed by atoms with Gasteiger partial charge < -0.3 is 9.32 Å². The van der Waals surface area contributed by atoms with Gasteiger partial charge in [-0.05, 0) is 80.5 Å². The van der Waals surface area contributed by atoms with Crippen molar-refractivity contribution in [3.8, 4) is 11.1 Å². The van der Waals surface area contributed by atoms with E-state index in [2.05, 4.69) is 163 Å². The minimum Gasteiger partial charge on any atom is -0.456 e. The smallest absolute Gasteiger partial charge is 0.137 e. The number of nitrogens with zero attached hydrogens (tertiary/aromatic N) is 1. The second-order valence-electron chi connectivity index (χ2n) is 11.4. The van der Waals surface area contributed by atoms with Crippen molar-refractivity contribution >= 4 is 71.3 Å². The van der Waals surface area contributed by atoms with Gasteiger partial charge in [0.25, 0.3) is 0 Å². The number of benzene rings is 8. The number of furan rings is 1. The van der Waals surface area contributed by atoms with Gasteiger partial charge in [0.15, 0.2) is 0 Å². The van der Waals surface area contributed by atoms with Crippen molar-refractivity contribution in [1.82, 2.24) is 0 Å². The quantitative estimate of drug-likeness (QED) is 0.199. The predicted molar refractivity (Wildman–Crippen MR) is 186 cm³/mol. The predicted octanol–water partition coefficient (Wildman–Crippen LogP) is 12.2. The van der Waals surface area contributed by atoms with Crippen molar-refractivity contribution in [1.29, 1.82) is 0 Å². The maximum Gasteiger partial charge on any atom is 0.137 e. The SMILES string of the molecule is c1cc(-c2ccc3ccccc3c2)cc(N(c2cc3ccccc3c3ccccc23)c2cccc3oc4ccccc4c23)c1. The molecule has 44 heavy (non-hydrogen) atoms. The molecule has 0 saturated carbocycles. The fourth-order valence-electron chi connectivity index (χ4n) is 6.76. The van der Waals surface area contributed by atoms with Crippen molar-refractivity contribution in [2.45, 2.75) is 0 Å². The minimum atomic E-state index is 0.879. The molecule has 0 radical (unpaired) electrons. The molecule has 206 valence electrons. The Morgan fingerprint density at radius 2 is 1.02 bits per heavy atom. The number of rotatable bonds is 4. The lowest BCUT2D eigenvalue weighted by molar-refractivity contribution is 0.669. The standard InChI is InChI=1S/C42H27NO/c1-2-12-29-25-31(24-23-28(29)11-1)30-14-9-15-33(26-30)43(38-20-10-22-41-42(38)37-19-7-8-21-40(37)44-41)39-27-32-13-3-4-16-34(32)35-17-5-6-18-36(35)39/h1-27H. The molecule has 0 fully saturated rings. The highest BCUT2D eigenvalue weighted by molar-refractivity contribution is 6.18. The van der Waals surface area contributed by atoms with Gasteiger partial charge in [0.2, 0.25) is 0 Å². The highest BCUT2D eigenvalue weighted by Crippen LogP contribution is 2.46. The van der Waals surface area contributed by atoms with Gasteiger partial charge >= 0.3 is 0 Å². The van der Waals surface area contributed by atoms with Crippen LogP contribution in [0.2, 0.25) is 0 Å². The summed E-state index contributed by atoms with van der Waals surface area (Å²) in [6.45, 7) is 0. The van der Waals surface area contributed by atoms with Crippen LogP contribution in [0.3, 0.4) is 0 Å². The molecule has 9 rings (SSSR count). The van der Waals surface area contributed by atoms with Gasteiger partial charge in [0, 0.05) is 16.5 Å². The van der Waals surface area contributed by atoms with E-state index in [1.54, 1.807) is 0 Å². The van der Waals surface area contributed by atoms with Crippen molar-refractivity contribution < 1.29 is 4.42 Å². The van der Waals surface area contributed by atoms with Gasteiger partial charge in [-0.15, -0.1) is 0 Å². The Labute approximate surface area is 255 Å². The molecular formula is C42H27NO. The lowest BCUT2D eigenvalue weighted by Crippen LogP contribution is -2.11. The Morgan fingerprint density at radius 1 is 0.364 bits per heavy atom. The summed E-state index contributed by atoms with van der Waals surface area (Å²) in [6.07, 6.45) is 0. The van der Waals surface area contributed by atoms with Crippen LogP contribution >= 0.6 is 0 Å². The Bertz CT molecular complexity index is 2520. The summed E-state index contributed by atoms with van der Waals surface area (Å²) in [5.41, 5.74) is 7.45. The summed E-state index contributed by atoms with van der Waals surface area (Å²) in [5.74, 6) is 0. The first-order chi connectivity index (χ1) is 21.8. The van der Waals surface area contributed by atoms with Crippen LogP contribution in [0, 0.1) is 0 Å². The average molecular weight is 562 g/mol. The van der Waals surface area contributed by atoms with Crippen molar-refractivity contribution in [2.75, 3.05) is 4.90 Å². The van der Waals surface area contributed by atoms with E-state index >= 15 is 0 Å². The summed E-state index contributed by atoms with van der Waals surface area (Å²) in [6, 6.07) is 58.6. The minimum absolute atomic E-state index is 0.879. The van der Waals surface area contributed by atoms with Gasteiger partial charge in [-0.25, -0.2) is 0 Å². The third-order valence-corrected chi connectivity index (χ3v) is 8.80. The van der Waals surface area contributed by atoms with E-state index in [9.17, 15) is 0 Å². The van der Waals surface area contributed by atoms with E-state index in [4.69, 9.17) is 4.42 Å². The first-order valence-electron chi connectivity index (χ1n) is 15.0. The first-order valence-corrected chi connectivity index (χ1v) is 15.0. The lowest BCUT2D eigenvalue weighted by atomic mass is 9.97. The third kappa shape index (κ3) is 3.89. The maximum absolute atomic E-state index is 6.38. The van der Waals surface area contributed by atoms with Crippen LogP contribution in [-0.2, 0) is 0 Å². The first kappa shape index (κ1) is 24.7. The number of anilines is 3. The molecule has 2 heteroatoms. The van der Waals surface area contributed by atoms with Crippen LogP contribution in [0.1, 0.15) is 0 Å². The maximum atomic E-state index is 6.38. The zero-order valence-corrected chi connectivity index (χ0v) is 23.9. The highest BCUT2D eigenvalue weighted by Gasteiger charge is 2.22. The zero-order valence-electron chi connectivity index (χ0n) is 23.9. The molecule has 9 aromatic rings. The van der Waals surface area contributed by atoms with Crippen LogP contribution in [0.15, 0.2) is 168 Å². The number of fused-ring (bicyclic) bond motifs is 7. The largest absolute Gasteiger partial charge is 0.456 e. The second-order valence-corrected chi connectivity index (χ2v) is 11.4. The van der Waals surface area contributed by atoms with E-state index in [1.807, 2.05) is 6.07 Å². The summed E-state index contributed by atoms with van der Waals surface area (Å²) in [5, 5.41) is 9.60. The van der Waals surface area contributed by atoms with Gasteiger partial charge in [0.1, 0.15) is 11.2 Å². The van der Waals surface area contributed by atoms with Crippen molar-refractivity contribution in [2.24, 2.45) is 0 Å². The van der Waals surface area contributed by atoms with Crippen LogP contribution in [0.25, 0.3) is 65.4 Å². The molecule has 0 spiro atoms. The van der Waals surface area contributed by atoms with Crippen LogP contribution in [-0.4, -0.2) is 0 Å². The van der Waals surface area contributed by atoms with Crippen LogP contribution in [0.5, 0.6) is 0 Å². The second kappa shape index (κ2) is 9.86. The molecule has 8 aromatic carbocycles. The third-order valence-electron chi connectivity index (χ3n) is 8.80. The van der Waals surface area contributed by atoms with E-state index in [-0.39, 0.29) is 0 Å². The van der Waals surface area contributed by atoms with Gasteiger partial charge in [-0.1, -0.05) is 121 Å². The molecule has 0 N–H and O–H groups in total. The average Bonchev–Trinajstić information content (AvgIpc) is 3.48. The lowest BCUT2D eigenvalue weighted by Gasteiger charge is -2.28. The molecule has 0 bridgehead atoms. The van der Waals surface area contributed by atoms with E-state index in [0.717, 1.165) is 39.0 Å². The highest BCUT2D eigenvalue weighted by atomic mass is 16.3. The van der Waals surface area contributed by atoms with Gasteiger partial charge in [0.05, 0.1) is 16.8 Å². The number of hydrogen-bond donors (Lipinski definition) is 0. The molecule has 0 saturated heterocycles. The molecule has 2 nitrogen and oxygen atoms in total. The van der Waals surface area contributed by atoms with E-state index < -0.39 is 0 Å². The topological polar surface area (TPSA) is 16.4 Å². The summed E-state index contributed by atoms with van der Waals surface area (Å²) < 4.78 is 6.38. The van der Waals surface area contributed by atoms with E-state index in [0.29, 0.717) is 0 Å². The van der Waals surface area contributed by atoms with Crippen molar-refractivity contribution in [3.05, 3.63) is 164 Å². The number of hydrogen-bond acceptors (Lipinski definition) is 2. The molecule has 0 unspecified atom stereocenters. The summed E-state index contributed by atoms with van der Waals surface area (Å²) >= 11 is 0. The zero-order chi connectivity index (χ0) is 29.0. The molecule has 0 atom stereocenters. The summed E-state index contributed by atoms with van der Waals surface area (Å²) in [7, 11) is 0. The van der Waals surface area contributed by atoms with Crippen molar-refractivity contribution in [3.63, 3.8) is 0 Å².